The number of carbonyl (C=O) groups excluding carboxylic acids is 1. The number of hydrogen-bond acceptors (Lipinski definition) is 3. The van der Waals surface area contributed by atoms with E-state index < -0.39 is 0 Å². The number of aliphatic hydroxyl groups is 2. The van der Waals surface area contributed by atoms with Crippen LogP contribution in [0.3, 0.4) is 0 Å². The maximum Gasteiger partial charge on any atom is 0.193 e. The summed E-state index contributed by atoms with van der Waals surface area (Å²) < 4.78 is 0. The molecule has 2 aromatic carbocycles. The number of aliphatic hydroxyl groups excluding tert-OH is 2. The van der Waals surface area contributed by atoms with Crippen LogP contribution in [0.4, 0.5) is 0 Å². The zero-order chi connectivity index (χ0) is 24.4. The Balaban J connectivity index is 0.000000474. The number of hydrogen-bond donors (Lipinski definition) is 2. The maximum absolute atomic E-state index is 11.8. The molecule has 178 valence electrons. The van der Waals surface area contributed by atoms with Crippen molar-refractivity contribution < 1.29 is 15.0 Å². The summed E-state index contributed by atoms with van der Waals surface area (Å²) in [7, 11) is 0. The molecule has 2 unspecified atom stereocenters. The molecule has 0 aliphatic carbocycles. The molecule has 0 amide bonds. The summed E-state index contributed by atoms with van der Waals surface area (Å²) in [6, 6.07) is 18.6. The van der Waals surface area contributed by atoms with E-state index in [2.05, 4.69) is 27.4 Å². The van der Waals surface area contributed by atoms with Crippen LogP contribution in [0.2, 0.25) is 0 Å². The summed E-state index contributed by atoms with van der Waals surface area (Å²) in [5, 5.41) is 17.8. The predicted molar refractivity (Wildman–Crippen MR) is 137 cm³/mol. The van der Waals surface area contributed by atoms with E-state index in [1.54, 1.807) is 6.92 Å². The third-order valence-electron chi connectivity index (χ3n) is 5.29. The van der Waals surface area contributed by atoms with Crippen LogP contribution in [0.25, 0.3) is 0 Å². The molecule has 0 aromatic heterocycles. The van der Waals surface area contributed by atoms with Gasteiger partial charge < -0.3 is 10.2 Å². The molecule has 0 saturated carbocycles. The average molecular weight is 441 g/mol. The van der Waals surface area contributed by atoms with Gasteiger partial charge in [0.1, 0.15) is 0 Å². The van der Waals surface area contributed by atoms with Crippen molar-refractivity contribution in [2.45, 2.75) is 85.4 Å². The van der Waals surface area contributed by atoms with E-state index in [1.807, 2.05) is 73.7 Å². The minimum atomic E-state index is -0.369. The van der Waals surface area contributed by atoms with Gasteiger partial charge in [-0.15, -0.1) is 6.58 Å². The van der Waals surface area contributed by atoms with Crippen LogP contribution in [-0.2, 0) is 0 Å². The number of rotatable bonds is 10. The Labute approximate surface area is 196 Å². The highest BCUT2D eigenvalue weighted by molar-refractivity contribution is 6.08. The van der Waals surface area contributed by atoms with E-state index in [-0.39, 0.29) is 18.0 Å². The molecule has 0 bridgehead atoms. The van der Waals surface area contributed by atoms with Crippen LogP contribution >= 0.6 is 0 Å². The summed E-state index contributed by atoms with van der Waals surface area (Å²) in [5.74, 6) is 0.0752. The molecule has 0 fully saturated rings. The second-order valence-electron chi connectivity index (χ2n) is 8.93. The first-order valence-electron chi connectivity index (χ1n) is 11.8. The molecule has 3 heteroatoms. The molecule has 0 saturated heterocycles. The zero-order valence-electron chi connectivity index (χ0n) is 20.8. The molecule has 32 heavy (non-hydrogen) atoms. The lowest BCUT2D eigenvalue weighted by molar-refractivity contribution is 0.0847. The standard InChI is InChI=1S/C13H10O.C9H18.C7H16O2/c14-13(11-7-3-1-4-8-11)12-9-5-2-6-10-12;1-5-7-8-9(3,4)6-2;1-3-4-7(9)5-6(2)8/h1-10H;5H,1,6-8H2,2-4H3;6-9H,3-5H2,1-2H3. The van der Waals surface area contributed by atoms with Gasteiger partial charge in [-0.05, 0) is 38.0 Å². The highest BCUT2D eigenvalue weighted by atomic mass is 16.3. The molecule has 2 atom stereocenters. The molecule has 2 N–H and O–H groups in total. The first kappa shape index (κ1) is 29.8. The van der Waals surface area contributed by atoms with Gasteiger partial charge in [-0.1, -0.05) is 107 Å². The molecule has 2 rings (SSSR count). The second kappa shape index (κ2) is 17.3. The van der Waals surface area contributed by atoms with Crippen LogP contribution in [0.1, 0.15) is 89.1 Å². The Morgan fingerprint density at radius 3 is 1.78 bits per heavy atom. The number of benzene rings is 2. The lowest BCUT2D eigenvalue weighted by atomic mass is 9.85. The molecule has 3 nitrogen and oxygen atoms in total. The molecular weight excluding hydrogens is 396 g/mol. The van der Waals surface area contributed by atoms with Crippen LogP contribution in [-0.4, -0.2) is 28.2 Å². The monoisotopic (exact) mass is 440 g/mol. The molecule has 0 aliphatic heterocycles. The van der Waals surface area contributed by atoms with Gasteiger partial charge in [-0.3, -0.25) is 4.79 Å². The van der Waals surface area contributed by atoms with E-state index in [1.165, 1.54) is 12.8 Å². The highest BCUT2D eigenvalue weighted by Crippen LogP contribution is 2.25. The van der Waals surface area contributed by atoms with Gasteiger partial charge in [-0.25, -0.2) is 0 Å². The lowest BCUT2D eigenvalue weighted by Gasteiger charge is -2.20. The van der Waals surface area contributed by atoms with Crippen molar-refractivity contribution >= 4 is 5.78 Å². The van der Waals surface area contributed by atoms with E-state index >= 15 is 0 Å². The highest BCUT2D eigenvalue weighted by Gasteiger charge is 2.12. The van der Waals surface area contributed by atoms with Crippen LogP contribution in [0.15, 0.2) is 73.3 Å². The number of carbonyl (C=O) groups is 1. The first-order valence-corrected chi connectivity index (χ1v) is 11.8. The smallest absolute Gasteiger partial charge is 0.193 e. The van der Waals surface area contributed by atoms with Crippen LogP contribution in [0.5, 0.6) is 0 Å². The first-order chi connectivity index (χ1) is 15.2. The summed E-state index contributed by atoms with van der Waals surface area (Å²) in [5.41, 5.74) is 1.99. The summed E-state index contributed by atoms with van der Waals surface area (Å²) in [6.45, 7) is 14.3. The summed E-state index contributed by atoms with van der Waals surface area (Å²) >= 11 is 0. The molecule has 0 heterocycles. The maximum atomic E-state index is 11.8. The quantitative estimate of drug-likeness (QED) is 0.303. The fourth-order valence-electron chi connectivity index (χ4n) is 2.86. The fourth-order valence-corrected chi connectivity index (χ4v) is 2.86. The Morgan fingerprint density at radius 2 is 1.44 bits per heavy atom. The second-order valence-corrected chi connectivity index (χ2v) is 8.93. The van der Waals surface area contributed by atoms with Crippen molar-refractivity contribution in [2.75, 3.05) is 0 Å². The third kappa shape index (κ3) is 14.7. The van der Waals surface area contributed by atoms with E-state index in [9.17, 15) is 4.79 Å². The van der Waals surface area contributed by atoms with Gasteiger partial charge in [-0.2, -0.15) is 0 Å². The van der Waals surface area contributed by atoms with Crippen molar-refractivity contribution in [3.63, 3.8) is 0 Å². The molecule has 0 radical (unpaired) electrons. The largest absolute Gasteiger partial charge is 0.393 e. The van der Waals surface area contributed by atoms with E-state index in [4.69, 9.17) is 10.2 Å². The Bertz CT molecular complexity index is 679. The number of allylic oxidation sites excluding steroid dienone is 1. The zero-order valence-corrected chi connectivity index (χ0v) is 20.8. The van der Waals surface area contributed by atoms with Gasteiger partial charge in [0.25, 0.3) is 0 Å². The molecule has 2 aromatic rings. The lowest BCUT2D eigenvalue weighted by Crippen LogP contribution is -2.13. The van der Waals surface area contributed by atoms with Crippen molar-refractivity contribution in [1.29, 1.82) is 0 Å². The van der Waals surface area contributed by atoms with Crippen LogP contribution < -0.4 is 0 Å². The molecular formula is C29H44O3. The van der Waals surface area contributed by atoms with Gasteiger partial charge in [0, 0.05) is 11.1 Å². The van der Waals surface area contributed by atoms with Crippen molar-refractivity contribution in [1.82, 2.24) is 0 Å². The van der Waals surface area contributed by atoms with Gasteiger partial charge in [0.15, 0.2) is 5.78 Å². The normalized spacial score (nSPS) is 12.3. The summed E-state index contributed by atoms with van der Waals surface area (Å²) in [6.07, 6.45) is 7.29. The SMILES string of the molecule is C=CCCC(C)(C)CC.CCCC(O)CC(C)O.O=C(c1ccccc1)c1ccccc1. The minimum absolute atomic E-state index is 0.0752. The molecule has 0 aliphatic rings. The topological polar surface area (TPSA) is 57.5 Å². The Kier molecular flexibility index (Phi) is 16.1. The molecule has 0 spiro atoms. The van der Waals surface area contributed by atoms with Crippen molar-refractivity contribution in [2.24, 2.45) is 5.41 Å². The predicted octanol–water partition coefficient (Wildman–Crippen LogP) is 7.22. The van der Waals surface area contributed by atoms with Gasteiger partial charge in [0.05, 0.1) is 12.2 Å². The van der Waals surface area contributed by atoms with Crippen molar-refractivity contribution in [3.05, 3.63) is 84.4 Å². The van der Waals surface area contributed by atoms with Gasteiger partial charge >= 0.3 is 0 Å². The summed E-state index contributed by atoms with van der Waals surface area (Å²) in [4.78, 5) is 11.8. The van der Waals surface area contributed by atoms with Crippen molar-refractivity contribution in [3.8, 4) is 0 Å². The van der Waals surface area contributed by atoms with Crippen LogP contribution in [0, 0.1) is 5.41 Å². The fraction of sp³-hybridized carbons (Fsp3) is 0.483. The Morgan fingerprint density at radius 1 is 0.969 bits per heavy atom. The third-order valence-corrected chi connectivity index (χ3v) is 5.29. The average Bonchev–Trinajstić information content (AvgIpc) is 2.79. The van der Waals surface area contributed by atoms with E-state index in [0.717, 1.165) is 30.4 Å². The minimum Gasteiger partial charge on any atom is -0.393 e. The Hall–Kier alpha value is -2.23. The number of ketones is 1. The van der Waals surface area contributed by atoms with E-state index in [0.29, 0.717) is 11.8 Å². The van der Waals surface area contributed by atoms with Gasteiger partial charge in [0.2, 0.25) is 0 Å².